The van der Waals surface area contributed by atoms with Gasteiger partial charge in [-0.25, -0.2) is 8.42 Å². The first-order valence-electron chi connectivity index (χ1n) is 5.07. The first-order chi connectivity index (χ1) is 7.69. The maximum atomic E-state index is 11.0. The number of nitrogens with zero attached hydrogens (tertiary/aromatic N) is 1. The largest absolute Gasteiger partial charge is 0.507 e. The van der Waals surface area contributed by atoms with Crippen LogP contribution in [0.4, 0.5) is 0 Å². The van der Waals surface area contributed by atoms with E-state index in [1.54, 1.807) is 6.07 Å². The lowest BCUT2D eigenvalue weighted by Crippen LogP contribution is -2.11. The van der Waals surface area contributed by atoms with E-state index in [4.69, 9.17) is 10.7 Å². The normalized spacial score (nSPS) is 12.1. The number of hydrogen-bond donors (Lipinski definition) is 1. The van der Waals surface area contributed by atoms with Crippen molar-refractivity contribution in [1.29, 1.82) is 0 Å². The second-order valence-electron chi connectivity index (χ2n) is 4.35. The summed E-state index contributed by atoms with van der Waals surface area (Å²) in [4.78, 5) is 1.90. The van der Waals surface area contributed by atoms with Crippen molar-refractivity contribution >= 4 is 19.7 Å². The molecule has 0 aliphatic rings. The summed E-state index contributed by atoms with van der Waals surface area (Å²) in [5.74, 6) is -0.351. The molecule has 0 spiro atoms. The summed E-state index contributed by atoms with van der Waals surface area (Å²) in [6.45, 7) is 2.39. The molecule has 17 heavy (non-hydrogen) atoms. The Morgan fingerprint density at radius 1 is 1.29 bits per heavy atom. The molecule has 0 unspecified atom stereocenters. The Hall–Kier alpha value is -0.780. The molecule has 0 atom stereocenters. The zero-order valence-electron chi connectivity index (χ0n) is 10.1. The zero-order chi connectivity index (χ0) is 13.2. The lowest BCUT2D eigenvalue weighted by molar-refractivity contribution is 0.384. The van der Waals surface area contributed by atoms with E-state index < -0.39 is 9.05 Å². The molecule has 1 rings (SSSR count). The topological polar surface area (TPSA) is 57.6 Å². The molecule has 4 nitrogen and oxygen atoms in total. The first kappa shape index (κ1) is 14.3. The van der Waals surface area contributed by atoms with Gasteiger partial charge in [0, 0.05) is 28.4 Å². The summed E-state index contributed by atoms with van der Waals surface area (Å²) in [7, 11) is 5.29. The van der Waals surface area contributed by atoms with Crippen molar-refractivity contribution < 1.29 is 13.5 Å². The summed E-state index contributed by atoms with van der Waals surface area (Å²) in [5.41, 5.74) is 1.94. The second-order valence-corrected chi connectivity index (χ2v) is 7.13. The monoisotopic (exact) mass is 277 g/mol. The molecule has 0 aromatic heterocycles. The minimum absolute atomic E-state index is 0.00789. The predicted octanol–water partition coefficient (Wildman–Crippen LogP) is 1.83. The third-order valence-electron chi connectivity index (χ3n) is 2.23. The van der Waals surface area contributed by atoms with Gasteiger partial charge < -0.3 is 10.0 Å². The Morgan fingerprint density at radius 3 is 2.29 bits per heavy atom. The van der Waals surface area contributed by atoms with E-state index in [1.807, 2.05) is 32.0 Å². The highest BCUT2D eigenvalue weighted by Gasteiger charge is 2.15. The lowest BCUT2D eigenvalue weighted by atomic mass is 10.1. The molecule has 0 saturated heterocycles. The van der Waals surface area contributed by atoms with Crippen LogP contribution in [0.5, 0.6) is 5.75 Å². The predicted molar refractivity (Wildman–Crippen MR) is 68.7 cm³/mol. The minimum Gasteiger partial charge on any atom is -0.507 e. The van der Waals surface area contributed by atoms with Gasteiger partial charge in [0.05, 0.1) is 5.75 Å². The van der Waals surface area contributed by atoms with Crippen molar-refractivity contribution in [2.24, 2.45) is 0 Å². The van der Waals surface area contributed by atoms with Crippen LogP contribution < -0.4 is 0 Å². The fourth-order valence-electron chi connectivity index (χ4n) is 1.69. The molecule has 0 heterocycles. The molecule has 0 fully saturated rings. The van der Waals surface area contributed by atoms with E-state index in [2.05, 4.69) is 0 Å². The highest BCUT2D eigenvalue weighted by molar-refractivity contribution is 8.13. The zero-order valence-corrected chi connectivity index (χ0v) is 11.6. The maximum absolute atomic E-state index is 11.0. The van der Waals surface area contributed by atoms with Crippen LogP contribution in [0.25, 0.3) is 0 Å². The molecule has 6 heteroatoms. The Bertz CT molecular complexity index is 512. The van der Waals surface area contributed by atoms with Crippen molar-refractivity contribution in [2.45, 2.75) is 19.2 Å². The smallest absolute Gasteiger partial charge is 0.236 e. The van der Waals surface area contributed by atoms with Gasteiger partial charge in [0.25, 0.3) is 0 Å². The minimum atomic E-state index is -3.66. The van der Waals surface area contributed by atoms with Crippen LogP contribution in [-0.4, -0.2) is 32.5 Å². The third-order valence-corrected chi connectivity index (χ3v) is 3.21. The van der Waals surface area contributed by atoms with Crippen LogP contribution in [-0.2, 0) is 21.3 Å². The molecule has 1 aromatic carbocycles. The van der Waals surface area contributed by atoms with Gasteiger partial charge in [0.1, 0.15) is 5.75 Å². The van der Waals surface area contributed by atoms with Crippen LogP contribution in [0.3, 0.4) is 0 Å². The summed E-state index contributed by atoms with van der Waals surface area (Å²) in [6.07, 6.45) is 0. The number of aromatic hydroxyl groups is 1. The molecule has 1 aromatic rings. The lowest BCUT2D eigenvalue weighted by Gasteiger charge is -2.14. The number of hydrogen-bond acceptors (Lipinski definition) is 4. The van der Waals surface area contributed by atoms with Crippen LogP contribution in [0.1, 0.15) is 16.7 Å². The van der Waals surface area contributed by atoms with Crippen LogP contribution in [0, 0.1) is 6.92 Å². The maximum Gasteiger partial charge on any atom is 0.236 e. The standard InChI is InChI=1S/C11H16ClNO3S/c1-8-4-9(6-13(2)3)11(14)10(5-8)7-17(12,15)16/h4-5,14H,6-7H2,1-3H3. The molecule has 0 saturated carbocycles. The highest BCUT2D eigenvalue weighted by atomic mass is 35.7. The summed E-state index contributed by atoms with van der Waals surface area (Å²) < 4.78 is 22.1. The average molecular weight is 278 g/mol. The third kappa shape index (κ3) is 4.53. The fourth-order valence-corrected chi connectivity index (χ4v) is 2.64. The van der Waals surface area contributed by atoms with E-state index in [0.717, 1.165) is 5.56 Å². The van der Waals surface area contributed by atoms with Gasteiger partial charge in [0.15, 0.2) is 0 Å². The summed E-state index contributed by atoms with van der Waals surface area (Å²) in [5, 5.41) is 9.98. The van der Waals surface area contributed by atoms with Crippen molar-refractivity contribution in [1.82, 2.24) is 4.90 Å². The SMILES string of the molecule is Cc1cc(CN(C)C)c(O)c(CS(=O)(=O)Cl)c1. The van der Waals surface area contributed by atoms with Crippen molar-refractivity contribution in [2.75, 3.05) is 14.1 Å². The molecular formula is C11H16ClNO3S. The van der Waals surface area contributed by atoms with Gasteiger partial charge in [-0.05, 0) is 21.0 Å². The molecule has 0 bridgehead atoms. The van der Waals surface area contributed by atoms with Gasteiger partial charge in [-0.1, -0.05) is 17.7 Å². The van der Waals surface area contributed by atoms with Gasteiger partial charge in [-0.3, -0.25) is 0 Å². The van der Waals surface area contributed by atoms with E-state index >= 15 is 0 Å². The van der Waals surface area contributed by atoms with Crippen LogP contribution in [0.2, 0.25) is 0 Å². The Balaban J connectivity index is 3.19. The molecular weight excluding hydrogens is 262 g/mol. The van der Waals surface area contributed by atoms with Gasteiger partial charge >= 0.3 is 0 Å². The Kier molecular flexibility index (Phi) is 4.41. The Labute approximate surface area is 106 Å². The molecule has 0 aliphatic carbocycles. The Morgan fingerprint density at radius 2 is 1.82 bits per heavy atom. The number of halogens is 1. The van der Waals surface area contributed by atoms with Crippen molar-refractivity contribution in [3.8, 4) is 5.75 Å². The molecule has 96 valence electrons. The van der Waals surface area contributed by atoms with Crippen LogP contribution >= 0.6 is 10.7 Å². The van der Waals surface area contributed by atoms with Gasteiger partial charge in [-0.15, -0.1) is 0 Å². The van der Waals surface area contributed by atoms with Crippen molar-refractivity contribution in [3.63, 3.8) is 0 Å². The quantitative estimate of drug-likeness (QED) is 0.853. The number of aryl methyl sites for hydroxylation is 1. The van der Waals surface area contributed by atoms with E-state index in [1.165, 1.54) is 0 Å². The van der Waals surface area contributed by atoms with E-state index in [-0.39, 0.29) is 11.5 Å². The summed E-state index contributed by atoms with van der Waals surface area (Å²) in [6, 6.07) is 3.47. The molecule has 0 aliphatic heterocycles. The highest BCUT2D eigenvalue weighted by Crippen LogP contribution is 2.27. The number of rotatable bonds is 4. The molecule has 0 amide bonds. The van der Waals surface area contributed by atoms with Gasteiger partial charge in [0.2, 0.25) is 9.05 Å². The molecule has 0 radical (unpaired) electrons. The first-order valence-corrected chi connectivity index (χ1v) is 7.55. The number of benzene rings is 1. The van der Waals surface area contributed by atoms with Crippen molar-refractivity contribution in [3.05, 3.63) is 28.8 Å². The number of phenols is 1. The van der Waals surface area contributed by atoms with E-state index in [0.29, 0.717) is 17.7 Å². The average Bonchev–Trinajstić information content (AvgIpc) is 2.09. The molecule has 1 N–H and O–H groups in total. The fraction of sp³-hybridized carbons (Fsp3) is 0.455. The van der Waals surface area contributed by atoms with Gasteiger partial charge in [-0.2, -0.15) is 0 Å². The number of phenolic OH excluding ortho intramolecular Hbond substituents is 1. The second kappa shape index (κ2) is 5.25. The summed E-state index contributed by atoms with van der Waals surface area (Å²) >= 11 is 0. The van der Waals surface area contributed by atoms with E-state index in [9.17, 15) is 13.5 Å². The van der Waals surface area contributed by atoms with Crippen LogP contribution in [0.15, 0.2) is 12.1 Å².